The number of hydrogen-bond donors (Lipinski definition) is 0. The second-order valence-corrected chi connectivity index (χ2v) is 5.36. The number of carbonyl (C=O) groups is 2. The van der Waals surface area contributed by atoms with E-state index in [1.54, 1.807) is 18.2 Å². The number of alkyl halides is 1. The average Bonchev–Trinajstić information content (AvgIpc) is 2.58. The first-order valence-corrected chi connectivity index (χ1v) is 7.21. The average molecular weight is 384 g/mol. The van der Waals surface area contributed by atoms with Crippen LogP contribution in [0.15, 0.2) is 18.2 Å². The molecule has 0 radical (unpaired) electrons. The molecule has 2 amide bonds. The Hall–Kier alpha value is -0.330. The second-order valence-electron chi connectivity index (χ2n) is 3.70. The summed E-state index contributed by atoms with van der Waals surface area (Å²) < 4.78 is 0.622. The largest absolute Gasteiger partial charge is 0.274 e. The summed E-state index contributed by atoms with van der Waals surface area (Å²) in [5.74, 6) is -0.674. The summed E-state index contributed by atoms with van der Waals surface area (Å²) in [6.45, 7) is 0. The minimum absolute atomic E-state index is 0.200. The van der Waals surface area contributed by atoms with Gasteiger partial charge >= 0.3 is 0 Å². The number of hydrogen-bond acceptors (Lipinski definition) is 2. The molecule has 1 atom stereocenters. The molecule has 1 saturated heterocycles. The van der Waals surface area contributed by atoms with Crippen LogP contribution in [0.25, 0.3) is 0 Å². The number of rotatable bonds is 2. The number of nitrogens with zero attached hydrogens (tertiary/aromatic N) is 1. The van der Waals surface area contributed by atoms with Crippen molar-refractivity contribution in [3.05, 3.63) is 28.2 Å². The van der Waals surface area contributed by atoms with Gasteiger partial charge in [-0.05, 0) is 12.1 Å². The topological polar surface area (TPSA) is 37.4 Å². The van der Waals surface area contributed by atoms with Crippen molar-refractivity contribution in [3.8, 4) is 0 Å². The second kappa shape index (κ2) is 5.12. The van der Waals surface area contributed by atoms with Crippen LogP contribution in [0.1, 0.15) is 6.42 Å². The van der Waals surface area contributed by atoms with Crippen LogP contribution in [0.4, 0.5) is 5.69 Å². The molecule has 0 aromatic heterocycles. The predicted molar refractivity (Wildman–Crippen MR) is 75.9 cm³/mol. The van der Waals surface area contributed by atoms with Gasteiger partial charge in [0.2, 0.25) is 11.8 Å². The van der Waals surface area contributed by atoms with Gasteiger partial charge < -0.3 is 0 Å². The number of anilines is 1. The monoisotopic (exact) mass is 383 g/mol. The van der Waals surface area contributed by atoms with Crippen LogP contribution >= 0.6 is 45.8 Å². The van der Waals surface area contributed by atoms with Crippen LogP contribution < -0.4 is 4.90 Å². The van der Waals surface area contributed by atoms with E-state index in [0.717, 1.165) is 4.90 Å². The maximum atomic E-state index is 12.0. The van der Waals surface area contributed by atoms with Crippen molar-refractivity contribution in [2.24, 2.45) is 5.92 Å². The molecule has 0 aliphatic carbocycles. The van der Waals surface area contributed by atoms with E-state index in [2.05, 4.69) is 22.6 Å². The Morgan fingerprint density at radius 3 is 2.65 bits per heavy atom. The van der Waals surface area contributed by atoms with E-state index < -0.39 is 0 Å². The minimum atomic E-state index is -0.252. The highest BCUT2D eigenvalue weighted by atomic mass is 127. The number of amides is 2. The lowest BCUT2D eigenvalue weighted by molar-refractivity contribution is -0.122. The highest BCUT2D eigenvalue weighted by Gasteiger charge is 2.39. The normalized spacial score (nSPS) is 20.2. The molecule has 1 unspecified atom stereocenters. The molecule has 0 saturated carbocycles. The van der Waals surface area contributed by atoms with Crippen LogP contribution in [0.3, 0.4) is 0 Å². The molecule has 1 aliphatic rings. The molecule has 1 fully saturated rings. The van der Waals surface area contributed by atoms with Crippen LogP contribution in [0.2, 0.25) is 10.0 Å². The molecule has 17 heavy (non-hydrogen) atoms. The summed E-state index contributed by atoms with van der Waals surface area (Å²) in [5.41, 5.74) is 0.376. The Morgan fingerprint density at radius 2 is 2.06 bits per heavy atom. The molecule has 1 aliphatic heterocycles. The maximum Gasteiger partial charge on any atom is 0.238 e. The summed E-state index contributed by atoms with van der Waals surface area (Å²) in [6.07, 6.45) is 0.241. The van der Waals surface area contributed by atoms with E-state index in [1.165, 1.54) is 0 Å². The standard InChI is InChI=1S/C11H8Cl2INO2/c12-7-2-1-3-8(10(7)13)15-9(16)4-6(5-14)11(15)17/h1-3,6H,4-5H2. The van der Waals surface area contributed by atoms with Crippen molar-refractivity contribution < 1.29 is 9.59 Å². The maximum absolute atomic E-state index is 12.0. The van der Waals surface area contributed by atoms with Gasteiger partial charge in [0, 0.05) is 10.8 Å². The van der Waals surface area contributed by atoms with Crippen molar-refractivity contribution in [2.75, 3.05) is 9.33 Å². The summed E-state index contributed by atoms with van der Waals surface area (Å²) in [5, 5.41) is 0.577. The quantitative estimate of drug-likeness (QED) is 0.446. The molecule has 90 valence electrons. The third-order valence-electron chi connectivity index (χ3n) is 2.60. The lowest BCUT2D eigenvalue weighted by atomic mass is 10.1. The van der Waals surface area contributed by atoms with Gasteiger partial charge in [0.15, 0.2) is 0 Å². The first kappa shape index (κ1) is 13.1. The minimum Gasteiger partial charge on any atom is -0.274 e. The Kier molecular flexibility index (Phi) is 3.95. The molecule has 1 aromatic rings. The Balaban J connectivity index is 2.44. The van der Waals surface area contributed by atoms with Gasteiger partial charge in [-0.1, -0.05) is 51.9 Å². The third-order valence-corrected chi connectivity index (χ3v) is 4.47. The number of carbonyl (C=O) groups excluding carboxylic acids is 2. The van der Waals surface area contributed by atoms with Crippen molar-refractivity contribution in [3.63, 3.8) is 0 Å². The molecular formula is C11H8Cl2INO2. The van der Waals surface area contributed by atoms with Gasteiger partial charge in [-0.2, -0.15) is 0 Å². The predicted octanol–water partition coefficient (Wildman–Crippen LogP) is 3.31. The fraction of sp³-hybridized carbons (Fsp3) is 0.273. The third kappa shape index (κ3) is 2.30. The number of benzene rings is 1. The van der Waals surface area contributed by atoms with Gasteiger partial charge in [0.25, 0.3) is 0 Å². The molecule has 3 nitrogen and oxygen atoms in total. The molecule has 6 heteroatoms. The van der Waals surface area contributed by atoms with Gasteiger partial charge in [-0.25, -0.2) is 4.90 Å². The number of halogens is 3. The lowest BCUT2D eigenvalue weighted by Crippen LogP contribution is -2.31. The fourth-order valence-electron chi connectivity index (χ4n) is 1.73. The van der Waals surface area contributed by atoms with E-state index in [9.17, 15) is 9.59 Å². The van der Waals surface area contributed by atoms with Crippen LogP contribution in [0.5, 0.6) is 0 Å². The first-order valence-electron chi connectivity index (χ1n) is 4.93. The van der Waals surface area contributed by atoms with Crippen molar-refractivity contribution in [1.82, 2.24) is 0 Å². The molecule has 0 bridgehead atoms. The highest BCUT2D eigenvalue weighted by Crippen LogP contribution is 2.36. The van der Waals surface area contributed by atoms with E-state index >= 15 is 0 Å². The zero-order valence-corrected chi connectivity index (χ0v) is 12.3. The summed E-state index contributed by atoms with van der Waals surface area (Å²) in [4.78, 5) is 25.0. The van der Waals surface area contributed by atoms with Gasteiger partial charge in [0.05, 0.1) is 21.7 Å². The molecule has 0 N–H and O–H groups in total. The van der Waals surface area contributed by atoms with E-state index in [1.807, 2.05) is 0 Å². The molecule has 1 aromatic carbocycles. The summed E-state index contributed by atoms with van der Waals surface area (Å²) in [6, 6.07) is 4.91. The molecule has 2 rings (SSSR count). The van der Waals surface area contributed by atoms with Crippen LogP contribution in [-0.2, 0) is 9.59 Å². The van der Waals surface area contributed by atoms with Crippen molar-refractivity contribution in [2.45, 2.75) is 6.42 Å². The Morgan fingerprint density at radius 1 is 1.35 bits per heavy atom. The van der Waals surface area contributed by atoms with Crippen molar-refractivity contribution >= 4 is 63.3 Å². The van der Waals surface area contributed by atoms with E-state index in [4.69, 9.17) is 23.2 Å². The van der Waals surface area contributed by atoms with Gasteiger partial charge in [-0.15, -0.1) is 0 Å². The van der Waals surface area contributed by atoms with Crippen molar-refractivity contribution in [1.29, 1.82) is 0 Å². The van der Waals surface area contributed by atoms with Gasteiger partial charge in [0.1, 0.15) is 0 Å². The molecule has 1 heterocycles. The molecule has 0 spiro atoms. The lowest BCUT2D eigenvalue weighted by Gasteiger charge is -2.16. The SMILES string of the molecule is O=C1CC(CI)C(=O)N1c1cccc(Cl)c1Cl. The smallest absolute Gasteiger partial charge is 0.238 e. The zero-order valence-electron chi connectivity index (χ0n) is 8.62. The van der Waals surface area contributed by atoms with Crippen LogP contribution in [-0.4, -0.2) is 16.2 Å². The summed E-state index contributed by atoms with van der Waals surface area (Å²) >= 11 is 14.0. The Bertz CT molecular complexity index is 492. The zero-order chi connectivity index (χ0) is 12.6. The van der Waals surface area contributed by atoms with E-state index in [-0.39, 0.29) is 29.2 Å². The number of imide groups is 1. The first-order chi connectivity index (χ1) is 8.06. The van der Waals surface area contributed by atoms with Gasteiger partial charge in [-0.3, -0.25) is 9.59 Å². The Labute approximate surface area is 122 Å². The fourth-order valence-corrected chi connectivity index (χ4v) is 2.80. The summed E-state index contributed by atoms with van der Waals surface area (Å²) in [7, 11) is 0. The van der Waals surface area contributed by atoms with E-state index in [0.29, 0.717) is 15.1 Å². The highest BCUT2D eigenvalue weighted by molar-refractivity contribution is 14.1. The molecular weight excluding hydrogens is 376 g/mol. The van der Waals surface area contributed by atoms with Crippen LogP contribution in [0, 0.1) is 5.92 Å².